The van der Waals surface area contributed by atoms with Gasteiger partial charge < -0.3 is 10.0 Å². The first-order chi connectivity index (χ1) is 8.61. The van der Waals surface area contributed by atoms with Gasteiger partial charge in [-0.15, -0.1) is 0 Å². The molecular formula is C15H21NO2. The molecule has 1 aliphatic carbocycles. The molecule has 1 N–H and O–H groups in total. The van der Waals surface area contributed by atoms with Crippen molar-refractivity contribution in [2.75, 3.05) is 7.05 Å². The Bertz CT molecular complexity index is 430. The van der Waals surface area contributed by atoms with Crippen molar-refractivity contribution in [2.24, 2.45) is 0 Å². The molecule has 98 valence electrons. The van der Waals surface area contributed by atoms with Gasteiger partial charge in [0.15, 0.2) is 0 Å². The fraction of sp³-hybridized carbons (Fsp3) is 0.533. The van der Waals surface area contributed by atoms with Crippen LogP contribution in [0.3, 0.4) is 0 Å². The summed E-state index contributed by atoms with van der Waals surface area (Å²) in [4.78, 5) is 14.1. The molecule has 1 amide bonds. The van der Waals surface area contributed by atoms with Gasteiger partial charge in [-0.3, -0.25) is 4.79 Å². The molecule has 0 aliphatic heterocycles. The number of aliphatic hydroxyl groups is 1. The number of nitrogens with zero attached hydrogens (tertiary/aromatic N) is 1. The van der Waals surface area contributed by atoms with E-state index in [1.807, 2.05) is 31.2 Å². The molecular weight excluding hydrogens is 226 g/mol. The van der Waals surface area contributed by atoms with Gasteiger partial charge in [0.25, 0.3) is 5.91 Å². The van der Waals surface area contributed by atoms with Crippen LogP contribution in [0.4, 0.5) is 0 Å². The number of likely N-dealkylation sites (N-methyl/N-ethyl adjacent to an activating group) is 1. The number of carbonyl (C=O) groups excluding carboxylic acids is 1. The van der Waals surface area contributed by atoms with Gasteiger partial charge in [0, 0.05) is 12.6 Å². The fourth-order valence-electron chi connectivity index (χ4n) is 2.70. The minimum atomic E-state index is -0.378. The van der Waals surface area contributed by atoms with Crippen LogP contribution in [-0.4, -0.2) is 35.1 Å². The summed E-state index contributed by atoms with van der Waals surface area (Å²) in [6, 6.07) is 7.57. The van der Waals surface area contributed by atoms with Crippen molar-refractivity contribution in [1.29, 1.82) is 0 Å². The lowest BCUT2D eigenvalue weighted by Gasteiger charge is -2.35. The molecule has 3 heteroatoms. The number of aliphatic hydroxyl groups excluding tert-OH is 1. The summed E-state index contributed by atoms with van der Waals surface area (Å²) in [5.74, 6) is 0.0130. The van der Waals surface area contributed by atoms with E-state index in [4.69, 9.17) is 0 Å². The van der Waals surface area contributed by atoms with Gasteiger partial charge in [-0.1, -0.05) is 31.0 Å². The Balaban J connectivity index is 2.16. The Morgan fingerprint density at radius 1 is 1.28 bits per heavy atom. The maximum absolute atomic E-state index is 12.4. The highest BCUT2D eigenvalue weighted by Crippen LogP contribution is 2.24. The number of amides is 1. The van der Waals surface area contributed by atoms with Crippen molar-refractivity contribution < 1.29 is 9.90 Å². The summed E-state index contributed by atoms with van der Waals surface area (Å²) < 4.78 is 0. The van der Waals surface area contributed by atoms with Crippen LogP contribution in [-0.2, 0) is 0 Å². The molecule has 3 nitrogen and oxygen atoms in total. The van der Waals surface area contributed by atoms with E-state index < -0.39 is 0 Å². The van der Waals surface area contributed by atoms with Crippen LogP contribution in [0.25, 0.3) is 0 Å². The number of hydrogen-bond acceptors (Lipinski definition) is 2. The molecule has 2 atom stereocenters. The minimum Gasteiger partial charge on any atom is -0.391 e. The second kappa shape index (κ2) is 5.53. The van der Waals surface area contributed by atoms with Gasteiger partial charge in [0.1, 0.15) is 0 Å². The molecule has 0 heterocycles. The first-order valence-corrected chi connectivity index (χ1v) is 6.62. The highest BCUT2D eigenvalue weighted by molar-refractivity contribution is 5.95. The third-order valence-corrected chi connectivity index (χ3v) is 3.89. The minimum absolute atomic E-state index is 0.0130. The van der Waals surface area contributed by atoms with Crippen molar-refractivity contribution in [3.8, 4) is 0 Å². The van der Waals surface area contributed by atoms with Crippen molar-refractivity contribution in [3.05, 3.63) is 35.4 Å². The molecule has 0 spiro atoms. The van der Waals surface area contributed by atoms with Gasteiger partial charge in [0.05, 0.1) is 12.1 Å². The van der Waals surface area contributed by atoms with Crippen LogP contribution in [0, 0.1) is 6.92 Å². The predicted octanol–water partition coefficient (Wildman–Crippen LogP) is 2.37. The van der Waals surface area contributed by atoms with Crippen molar-refractivity contribution in [3.63, 3.8) is 0 Å². The van der Waals surface area contributed by atoms with Gasteiger partial charge in [-0.2, -0.15) is 0 Å². The second-order valence-corrected chi connectivity index (χ2v) is 5.15. The molecule has 0 bridgehead atoms. The number of carbonyl (C=O) groups is 1. The molecule has 0 radical (unpaired) electrons. The zero-order chi connectivity index (χ0) is 13.1. The highest BCUT2D eigenvalue weighted by Gasteiger charge is 2.30. The average molecular weight is 247 g/mol. The summed E-state index contributed by atoms with van der Waals surface area (Å²) >= 11 is 0. The zero-order valence-electron chi connectivity index (χ0n) is 11.1. The van der Waals surface area contributed by atoms with Gasteiger partial charge >= 0.3 is 0 Å². The lowest BCUT2D eigenvalue weighted by molar-refractivity contribution is 0.0267. The van der Waals surface area contributed by atoms with E-state index in [1.54, 1.807) is 11.9 Å². The number of hydrogen-bond donors (Lipinski definition) is 1. The molecule has 1 fully saturated rings. The van der Waals surface area contributed by atoms with E-state index in [2.05, 4.69) is 0 Å². The maximum Gasteiger partial charge on any atom is 0.254 e. The molecule has 2 rings (SSSR count). The number of rotatable bonds is 2. The highest BCUT2D eigenvalue weighted by atomic mass is 16.3. The molecule has 0 aromatic heterocycles. The van der Waals surface area contributed by atoms with Crippen molar-refractivity contribution in [1.82, 2.24) is 4.90 Å². The Labute approximate surface area is 108 Å². The topological polar surface area (TPSA) is 40.5 Å². The summed E-state index contributed by atoms with van der Waals surface area (Å²) in [7, 11) is 1.80. The van der Waals surface area contributed by atoms with Gasteiger partial charge in [-0.05, 0) is 31.4 Å². The predicted molar refractivity (Wildman–Crippen MR) is 71.5 cm³/mol. The lowest BCUT2D eigenvalue weighted by atomic mass is 9.91. The number of benzene rings is 1. The van der Waals surface area contributed by atoms with Crippen LogP contribution in [0.2, 0.25) is 0 Å². The SMILES string of the molecule is Cc1ccccc1C(=O)N(C)[C@@H]1CCCC[C@H]1O. The third-order valence-electron chi connectivity index (χ3n) is 3.89. The largest absolute Gasteiger partial charge is 0.391 e. The standard InChI is InChI=1S/C15H21NO2/c1-11-7-3-4-8-12(11)15(18)16(2)13-9-5-6-10-14(13)17/h3-4,7-8,13-14,17H,5-6,9-10H2,1-2H3/t13-,14-/m1/s1. The molecule has 0 saturated heterocycles. The van der Waals surface area contributed by atoms with E-state index in [9.17, 15) is 9.90 Å². The summed E-state index contributed by atoms with van der Waals surface area (Å²) in [5, 5.41) is 10.0. The van der Waals surface area contributed by atoms with Crippen LogP contribution in [0.1, 0.15) is 41.6 Å². The molecule has 1 aromatic rings. The van der Waals surface area contributed by atoms with E-state index in [1.165, 1.54) is 0 Å². The molecule has 1 aliphatic rings. The molecule has 1 aromatic carbocycles. The first-order valence-electron chi connectivity index (χ1n) is 6.62. The van der Waals surface area contributed by atoms with Crippen molar-refractivity contribution in [2.45, 2.75) is 44.8 Å². The van der Waals surface area contributed by atoms with Crippen LogP contribution >= 0.6 is 0 Å². The normalized spacial score (nSPS) is 23.7. The number of aryl methyl sites for hydroxylation is 1. The van der Waals surface area contributed by atoms with Crippen LogP contribution in [0.5, 0.6) is 0 Å². The Hall–Kier alpha value is -1.35. The smallest absolute Gasteiger partial charge is 0.254 e. The summed E-state index contributed by atoms with van der Waals surface area (Å²) in [5.41, 5.74) is 1.72. The Kier molecular flexibility index (Phi) is 4.02. The maximum atomic E-state index is 12.4. The van der Waals surface area contributed by atoms with Gasteiger partial charge in [0.2, 0.25) is 0 Å². The monoisotopic (exact) mass is 247 g/mol. The van der Waals surface area contributed by atoms with Crippen molar-refractivity contribution >= 4 is 5.91 Å². The first kappa shape index (κ1) is 13.1. The van der Waals surface area contributed by atoms with E-state index >= 15 is 0 Å². The van der Waals surface area contributed by atoms with E-state index in [0.717, 1.165) is 36.8 Å². The average Bonchev–Trinajstić information content (AvgIpc) is 2.38. The summed E-state index contributed by atoms with van der Waals surface area (Å²) in [6.45, 7) is 1.94. The second-order valence-electron chi connectivity index (χ2n) is 5.15. The molecule has 1 saturated carbocycles. The summed E-state index contributed by atoms with van der Waals surface area (Å²) in [6.07, 6.45) is 3.47. The molecule has 0 unspecified atom stereocenters. The van der Waals surface area contributed by atoms with Crippen LogP contribution < -0.4 is 0 Å². The Morgan fingerprint density at radius 3 is 2.61 bits per heavy atom. The van der Waals surface area contributed by atoms with Crippen LogP contribution in [0.15, 0.2) is 24.3 Å². The lowest BCUT2D eigenvalue weighted by Crippen LogP contribution is -2.46. The van der Waals surface area contributed by atoms with E-state index in [-0.39, 0.29) is 18.1 Å². The fourth-order valence-corrected chi connectivity index (χ4v) is 2.70. The Morgan fingerprint density at radius 2 is 1.94 bits per heavy atom. The van der Waals surface area contributed by atoms with Gasteiger partial charge in [-0.25, -0.2) is 0 Å². The third kappa shape index (κ3) is 2.56. The zero-order valence-corrected chi connectivity index (χ0v) is 11.1. The van der Waals surface area contributed by atoms with E-state index in [0.29, 0.717) is 0 Å². The quantitative estimate of drug-likeness (QED) is 0.871. The molecule has 18 heavy (non-hydrogen) atoms.